The molecule has 0 fully saturated rings. The van der Waals surface area contributed by atoms with Gasteiger partial charge in [-0.05, 0) is 23.8 Å². The van der Waals surface area contributed by atoms with E-state index in [1.54, 1.807) is 11.8 Å². The van der Waals surface area contributed by atoms with Gasteiger partial charge in [-0.15, -0.1) is 11.8 Å². The molecule has 0 radical (unpaired) electrons. The molecule has 1 atom stereocenters. The molecule has 5 N–H and O–H groups in total. The third kappa shape index (κ3) is 4.23. The highest BCUT2D eigenvalue weighted by atomic mass is 79.9. The van der Waals surface area contributed by atoms with Crippen molar-refractivity contribution in [2.24, 2.45) is 5.84 Å². The number of amides is 1. The van der Waals surface area contributed by atoms with Crippen molar-refractivity contribution in [2.75, 3.05) is 11.5 Å². The topological polar surface area (TPSA) is 81.1 Å². The second-order valence-electron chi connectivity index (χ2n) is 4.47. The van der Waals surface area contributed by atoms with Gasteiger partial charge in [-0.25, -0.2) is 5.84 Å². The van der Waals surface area contributed by atoms with E-state index in [1.807, 2.05) is 48.5 Å². The van der Waals surface area contributed by atoms with E-state index in [1.165, 1.54) is 0 Å². The molecule has 0 aliphatic heterocycles. The van der Waals surface area contributed by atoms with Crippen molar-refractivity contribution in [3.8, 4) is 0 Å². The van der Waals surface area contributed by atoms with Crippen LogP contribution < -0.4 is 17.0 Å². The zero-order chi connectivity index (χ0) is 15.2. The van der Waals surface area contributed by atoms with E-state index in [4.69, 9.17) is 11.6 Å². The van der Waals surface area contributed by atoms with Crippen LogP contribution in [-0.2, 0) is 4.79 Å². The number of carbonyl (C=O) groups excluding carboxylic acids is 1. The number of benzene rings is 2. The molecule has 110 valence electrons. The fourth-order valence-electron chi connectivity index (χ4n) is 1.93. The average molecular weight is 366 g/mol. The fraction of sp³-hybridized carbons (Fsp3) is 0.133. The van der Waals surface area contributed by atoms with Gasteiger partial charge in [-0.2, -0.15) is 0 Å². The Labute approximate surface area is 136 Å². The van der Waals surface area contributed by atoms with Crippen molar-refractivity contribution in [3.05, 3.63) is 58.6 Å². The van der Waals surface area contributed by atoms with E-state index in [0.717, 1.165) is 14.9 Å². The molecule has 0 spiro atoms. The molecule has 0 saturated heterocycles. The van der Waals surface area contributed by atoms with Crippen LogP contribution in [0.15, 0.2) is 57.9 Å². The highest BCUT2D eigenvalue weighted by Crippen LogP contribution is 2.31. The first kappa shape index (κ1) is 15.9. The van der Waals surface area contributed by atoms with Crippen molar-refractivity contribution < 1.29 is 4.79 Å². The summed E-state index contributed by atoms with van der Waals surface area (Å²) in [4.78, 5) is 12.9. The van der Waals surface area contributed by atoms with Crippen LogP contribution in [0.4, 0.5) is 5.69 Å². The van der Waals surface area contributed by atoms with E-state index in [-0.39, 0.29) is 11.8 Å². The monoisotopic (exact) mass is 365 g/mol. The van der Waals surface area contributed by atoms with Crippen LogP contribution in [0.25, 0.3) is 0 Å². The number of halogens is 1. The van der Waals surface area contributed by atoms with Crippen LogP contribution in [0.5, 0.6) is 0 Å². The van der Waals surface area contributed by atoms with Crippen molar-refractivity contribution in [1.82, 2.24) is 5.43 Å². The zero-order valence-electron chi connectivity index (χ0n) is 11.3. The van der Waals surface area contributed by atoms with Gasteiger partial charge in [0.15, 0.2) is 0 Å². The number of thioether (sulfide) groups is 1. The number of nitrogens with two attached hydrogens (primary N) is 2. The van der Waals surface area contributed by atoms with E-state index in [0.29, 0.717) is 11.4 Å². The van der Waals surface area contributed by atoms with Crippen LogP contribution in [0.1, 0.15) is 11.5 Å². The van der Waals surface area contributed by atoms with Gasteiger partial charge in [-0.1, -0.05) is 46.3 Å². The molecule has 1 unspecified atom stereocenters. The Morgan fingerprint density at radius 2 is 1.95 bits per heavy atom. The number of carbonyl (C=O) groups is 1. The molecule has 6 heteroatoms. The summed E-state index contributed by atoms with van der Waals surface area (Å²) in [5.74, 6) is 5.34. The standard InChI is InChI=1S/C15H16BrN3OS/c16-11-6-7-14(13(17)8-11)21-9-12(15(20)19-18)10-4-2-1-3-5-10/h1-8,12H,9,17-18H2,(H,19,20). The quantitative estimate of drug-likeness (QED) is 0.250. The molecule has 0 aliphatic carbocycles. The summed E-state index contributed by atoms with van der Waals surface area (Å²) < 4.78 is 0.934. The molecule has 4 nitrogen and oxygen atoms in total. The van der Waals surface area contributed by atoms with Gasteiger partial charge in [0.25, 0.3) is 0 Å². The van der Waals surface area contributed by atoms with E-state index >= 15 is 0 Å². The Bertz CT molecular complexity index is 622. The summed E-state index contributed by atoms with van der Waals surface area (Å²) in [6.07, 6.45) is 0. The number of hydrogen-bond acceptors (Lipinski definition) is 4. The summed E-state index contributed by atoms with van der Waals surface area (Å²) >= 11 is 4.92. The van der Waals surface area contributed by atoms with Gasteiger partial charge >= 0.3 is 0 Å². The maximum atomic E-state index is 12.0. The summed E-state index contributed by atoms with van der Waals surface area (Å²) in [6, 6.07) is 15.3. The van der Waals surface area contributed by atoms with Gasteiger partial charge in [0.05, 0.1) is 5.92 Å². The molecule has 0 bridgehead atoms. The molecule has 0 saturated carbocycles. The van der Waals surface area contributed by atoms with Crippen LogP contribution in [0.2, 0.25) is 0 Å². The van der Waals surface area contributed by atoms with E-state index < -0.39 is 0 Å². The smallest absolute Gasteiger partial charge is 0.242 e. The minimum atomic E-state index is -0.316. The molecule has 0 aromatic heterocycles. The van der Waals surface area contributed by atoms with Crippen LogP contribution >= 0.6 is 27.7 Å². The molecule has 2 aromatic rings. The largest absolute Gasteiger partial charge is 0.398 e. The number of rotatable bonds is 5. The van der Waals surface area contributed by atoms with Crippen molar-refractivity contribution in [1.29, 1.82) is 0 Å². The normalized spacial score (nSPS) is 11.9. The molecular formula is C15H16BrN3OS. The second kappa shape index (κ2) is 7.49. The summed E-state index contributed by atoms with van der Waals surface area (Å²) in [5.41, 5.74) is 9.83. The number of hydrogen-bond donors (Lipinski definition) is 3. The predicted molar refractivity (Wildman–Crippen MR) is 90.8 cm³/mol. The van der Waals surface area contributed by atoms with Gasteiger partial charge in [0, 0.05) is 20.8 Å². The van der Waals surface area contributed by atoms with Crippen LogP contribution in [0, 0.1) is 0 Å². The van der Waals surface area contributed by atoms with Gasteiger partial charge < -0.3 is 5.73 Å². The van der Waals surface area contributed by atoms with Crippen LogP contribution in [0.3, 0.4) is 0 Å². The summed E-state index contributed by atoms with van der Waals surface area (Å²) in [5, 5.41) is 0. The lowest BCUT2D eigenvalue weighted by atomic mass is 10.0. The highest BCUT2D eigenvalue weighted by molar-refractivity contribution is 9.10. The average Bonchev–Trinajstić information content (AvgIpc) is 2.50. The number of hydrazine groups is 1. The fourth-order valence-corrected chi connectivity index (χ4v) is 3.39. The third-order valence-electron chi connectivity index (χ3n) is 3.04. The summed E-state index contributed by atoms with van der Waals surface area (Å²) in [6.45, 7) is 0. The first-order valence-electron chi connectivity index (χ1n) is 6.35. The maximum absolute atomic E-state index is 12.0. The van der Waals surface area contributed by atoms with Gasteiger partial charge in [0.1, 0.15) is 0 Å². The molecule has 0 aliphatic rings. The highest BCUT2D eigenvalue weighted by Gasteiger charge is 2.20. The Balaban J connectivity index is 2.15. The molecule has 2 aromatic carbocycles. The Morgan fingerprint density at radius 1 is 1.24 bits per heavy atom. The molecule has 21 heavy (non-hydrogen) atoms. The number of nitrogen functional groups attached to an aromatic ring is 1. The Kier molecular flexibility index (Phi) is 5.67. The molecular weight excluding hydrogens is 350 g/mol. The lowest BCUT2D eigenvalue weighted by Crippen LogP contribution is -2.35. The minimum absolute atomic E-state index is 0.204. The summed E-state index contributed by atoms with van der Waals surface area (Å²) in [7, 11) is 0. The van der Waals surface area contributed by atoms with Crippen molar-refractivity contribution >= 4 is 39.3 Å². The first-order valence-corrected chi connectivity index (χ1v) is 8.13. The lowest BCUT2D eigenvalue weighted by Gasteiger charge is -2.16. The SMILES string of the molecule is NNC(=O)C(CSc1ccc(Br)cc1N)c1ccccc1. The predicted octanol–water partition coefficient (Wildman–Crippen LogP) is 2.90. The molecule has 1 amide bonds. The van der Waals surface area contributed by atoms with E-state index in [2.05, 4.69) is 21.4 Å². The zero-order valence-corrected chi connectivity index (χ0v) is 13.7. The number of anilines is 1. The van der Waals surface area contributed by atoms with Crippen molar-refractivity contribution in [3.63, 3.8) is 0 Å². The second-order valence-corrected chi connectivity index (χ2v) is 6.44. The van der Waals surface area contributed by atoms with Gasteiger partial charge in [0.2, 0.25) is 5.91 Å². The van der Waals surface area contributed by atoms with E-state index in [9.17, 15) is 4.79 Å². The molecule has 0 heterocycles. The third-order valence-corrected chi connectivity index (χ3v) is 4.71. The Hall–Kier alpha value is -1.50. The minimum Gasteiger partial charge on any atom is -0.398 e. The number of nitrogens with one attached hydrogen (secondary N) is 1. The van der Waals surface area contributed by atoms with Gasteiger partial charge in [-0.3, -0.25) is 10.2 Å². The lowest BCUT2D eigenvalue weighted by molar-refractivity contribution is -0.122. The van der Waals surface area contributed by atoms with Crippen molar-refractivity contribution in [2.45, 2.75) is 10.8 Å². The molecule has 2 rings (SSSR count). The Morgan fingerprint density at radius 3 is 2.57 bits per heavy atom. The first-order chi connectivity index (χ1) is 10.1. The maximum Gasteiger partial charge on any atom is 0.242 e. The van der Waals surface area contributed by atoms with Crippen LogP contribution in [-0.4, -0.2) is 11.7 Å².